The Morgan fingerprint density at radius 3 is 2.48 bits per heavy atom. The Morgan fingerprint density at radius 2 is 1.86 bits per heavy atom. The lowest BCUT2D eigenvalue weighted by Crippen LogP contribution is -2.44. The normalized spacial score (nSPS) is 15.8. The Balaban J connectivity index is 1.74. The lowest BCUT2D eigenvalue weighted by atomic mass is 9.93. The second-order valence-electron chi connectivity index (χ2n) is 5.45. The number of piperidine rings is 1. The highest BCUT2D eigenvalue weighted by Gasteiger charge is 2.22. The molecule has 2 amide bonds. The molecule has 0 radical (unpaired) electrons. The summed E-state index contributed by atoms with van der Waals surface area (Å²) in [4.78, 5) is 25.8. The molecule has 5 nitrogen and oxygen atoms in total. The van der Waals surface area contributed by atoms with Crippen molar-refractivity contribution < 1.29 is 9.59 Å². The number of benzene rings is 1. The summed E-state index contributed by atoms with van der Waals surface area (Å²) < 4.78 is 0. The summed E-state index contributed by atoms with van der Waals surface area (Å²) in [5.41, 5.74) is 6.14. The molecule has 114 valence electrons. The second-order valence-corrected chi connectivity index (χ2v) is 5.45. The third-order valence-corrected chi connectivity index (χ3v) is 3.98. The van der Waals surface area contributed by atoms with E-state index < -0.39 is 0 Å². The SMILES string of the molecule is NCCC1CCN(C(=O)CNC(=O)c2ccccc2)CC1. The van der Waals surface area contributed by atoms with Crippen LogP contribution in [0.15, 0.2) is 30.3 Å². The highest BCUT2D eigenvalue weighted by molar-refractivity contribution is 5.96. The predicted molar refractivity (Wildman–Crippen MR) is 81.8 cm³/mol. The minimum Gasteiger partial charge on any atom is -0.343 e. The van der Waals surface area contributed by atoms with Gasteiger partial charge >= 0.3 is 0 Å². The van der Waals surface area contributed by atoms with E-state index in [0.29, 0.717) is 18.0 Å². The average molecular weight is 289 g/mol. The molecule has 1 aromatic rings. The van der Waals surface area contributed by atoms with Gasteiger partial charge in [-0.25, -0.2) is 0 Å². The number of nitrogens with one attached hydrogen (secondary N) is 1. The summed E-state index contributed by atoms with van der Waals surface area (Å²) in [6.07, 6.45) is 3.05. The van der Waals surface area contributed by atoms with Gasteiger partial charge in [0.2, 0.25) is 5.91 Å². The van der Waals surface area contributed by atoms with Crippen LogP contribution in [0.4, 0.5) is 0 Å². The van der Waals surface area contributed by atoms with Gasteiger partial charge < -0.3 is 16.0 Å². The third kappa shape index (κ3) is 4.56. The van der Waals surface area contributed by atoms with Crippen LogP contribution in [0.5, 0.6) is 0 Å². The molecular formula is C16H23N3O2. The number of nitrogens with two attached hydrogens (primary N) is 1. The Kier molecular flexibility index (Phi) is 5.75. The van der Waals surface area contributed by atoms with Crippen molar-refractivity contribution in [3.63, 3.8) is 0 Å². The Morgan fingerprint density at radius 1 is 1.19 bits per heavy atom. The van der Waals surface area contributed by atoms with Crippen molar-refractivity contribution in [1.29, 1.82) is 0 Å². The molecule has 1 aliphatic rings. The minimum atomic E-state index is -0.207. The minimum absolute atomic E-state index is 0.00882. The molecule has 21 heavy (non-hydrogen) atoms. The Hall–Kier alpha value is -1.88. The van der Waals surface area contributed by atoms with E-state index in [9.17, 15) is 9.59 Å². The molecule has 0 aliphatic carbocycles. The van der Waals surface area contributed by atoms with E-state index in [1.54, 1.807) is 24.3 Å². The van der Waals surface area contributed by atoms with Crippen molar-refractivity contribution in [3.05, 3.63) is 35.9 Å². The van der Waals surface area contributed by atoms with Gasteiger partial charge in [0.05, 0.1) is 6.54 Å². The lowest BCUT2D eigenvalue weighted by Gasteiger charge is -2.32. The summed E-state index contributed by atoms with van der Waals surface area (Å²) in [5, 5.41) is 2.68. The van der Waals surface area contributed by atoms with Crippen LogP contribution >= 0.6 is 0 Å². The van der Waals surface area contributed by atoms with Gasteiger partial charge in [-0.1, -0.05) is 18.2 Å². The van der Waals surface area contributed by atoms with E-state index in [4.69, 9.17) is 5.73 Å². The molecule has 1 heterocycles. The summed E-state index contributed by atoms with van der Waals surface area (Å²) in [5.74, 6) is 0.422. The summed E-state index contributed by atoms with van der Waals surface area (Å²) in [7, 11) is 0. The molecule has 0 spiro atoms. The standard InChI is InChI=1S/C16H23N3O2/c17-9-6-13-7-10-19(11-8-13)15(20)12-18-16(21)14-4-2-1-3-5-14/h1-5,13H,6-12,17H2,(H,18,21). The molecule has 0 unspecified atom stereocenters. The lowest BCUT2D eigenvalue weighted by molar-refractivity contribution is -0.131. The summed E-state index contributed by atoms with van der Waals surface area (Å²) in [6, 6.07) is 8.93. The molecule has 0 aromatic heterocycles. The largest absolute Gasteiger partial charge is 0.343 e. The monoisotopic (exact) mass is 289 g/mol. The van der Waals surface area contributed by atoms with Crippen molar-refractivity contribution in [2.45, 2.75) is 19.3 Å². The van der Waals surface area contributed by atoms with Crippen LogP contribution in [-0.2, 0) is 4.79 Å². The number of nitrogens with zero attached hydrogens (tertiary/aromatic N) is 1. The third-order valence-electron chi connectivity index (χ3n) is 3.98. The van der Waals surface area contributed by atoms with Crippen LogP contribution in [0.25, 0.3) is 0 Å². The molecule has 1 saturated heterocycles. The van der Waals surface area contributed by atoms with Crippen LogP contribution < -0.4 is 11.1 Å². The van der Waals surface area contributed by atoms with Gasteiger partial charge in [-0.05, 0) is 43.9 Å². The molecule has 0 bridgehead atoms. The van der Waals surface area contributed by atoms with Gasteiger partial charge in [0.15, 0.2) is 0 Å². The van der Waals surface area contributed by atoms with Crippen molar-refractivity contribution in [2.24, 2.45) is 11.7 Å². The number of amides is 2. The van der Waals surface area contributed by atoms with Crippen molar-refractivity contribution in [2.75, 3.05) is 26.2 Å². The number of likely N-dealkylation sites (tertiary alicyclic amines) is 1. The number of carbonyl (C=O) groups excluding carboxylic acids is 2. The quantitative estimate of drug-likeness (QED) is 0.849. The molecule has 3 N–H and O–H groups in total. The predicted octanol–water partition coefficient (Wildman–Crippen LogP) is 1.00. The van der Waals surface area contributed by atoms with Gasteiger partial charge in [-0.3, -0.25) is 9.59 Å². The first-order valence-corrected chi connectivity index (χ1v) is 7.52. The van der Waals surface area contributed by atoms with Crippen LogP contribution in [0.2, 0.25) is 0 Å². The molecule has 1 fully saturated rings. The summed E-state index contributed by atoms with van der Waals surface area (Å²) >= 11 is 0. The Bertz CT molecular complexity index is 468. The highest BCUT2D eigenvalue weighted by atomic mass is 16.2. The first kappa shape index (κ1) is 15.5. The van der Waals surface area contributed by atoms with Crippen molar-refractivity contribution >= 4 is 11.8 Å². The smallest absolute Gasteiger partial charge is 0.251 e. The fourth-order valence-corrected chi connectivity index (χ4v) is 2.67. The molecule has 0 saturated carbocycles. The number of carbonyl (C=O) groups is 2. The van der Waals surface area contributed by atoms with E-state index in [1.165, 1.54) is 0 Å². The van der Waals surface area contributed by atoms with Crippen LogP contribution in [0, 0.1) is 5.92 Å². The summed E-state index contributed by atoms with van der Waals surface area (Å²) in [6.45, 7) is 2.32. The van der Waals surface area contributed by atoms with Crippen LogP contribution in [0.1, 0.15) is 29.6 Å². The first-order valence-electron chi connectivity index (χ1n) is 7.52. The van der Waals surface area contributed by atoms with Gasteiger partial charge in [-0.2, -0.15) is 0 Å². The zero-order valence-corrected chi connectivity index (χ0v) is 12.3. The zero-order chi connectivity index (χ0) is 15.1. The van der Waals surface area contributed by atoms with E-state index in [0.717, 1.165) is 32.4 Å². The topological polar surface area (TPSA) is 75.4 Å². The van der Waals surface area contributed by atoms with Crippen molar-refractivity contribution in [3.8, 4) is 0 Å². The molecule has 2 rings (SSSR count). The van der Waals surface area contributed by atoms with E-state index in [2.05, 4.69) is 5.32 Å². The molecule has 1 aliphatic heterocycles. The molecule has 1 aromatic carbocycles. The number of hydrogen-bond donors (Lipinski definition) is 2. The maximum Gasteiger partial charge on any atom is 0.251 e. The first-order chi connectivity index (χ1) is 10.2. The van der Waals surface area contributed by atoms with Gasteiger partial charge in [0.25, 0.3) is 5.91 Å². The zero-order valence-electron chi connectivity index (χ0n) is 12.3. The van der Waals surface area contributed by atoms with Gasteiger partial charge in [0.1, 0.15) is 0 Å². The Labute approximate surface area is 125 Å². The highest BCUT2D eigenvalue weighted by Crippen LogP contribution is 2.19. The fourth-order valence-electron chi connectivity index (χ4n) is 2.67. The second kappa shape index (κ2) is 7.78. The maximum absolute atomic E-state index is 12.1. The van der Waals surface area contributed by atoms with Gasteiger partial charge in [-0.15, -0.1) is 0 Å². The van der Waals surface area contributed by atoms with Gasteiger partial charge in [0, 0.05) is 18.7 Å². The molecule has 0 atom stereocenters. The van der Waals surface area contributed by atoms with Crippen LogP contribution in [-0.4, -0.2) is 42.9 Å². The average Bonchev–Trinajstić information content (AvgIpc) is 2.54. The number of hydrogen-bond acceptors (Lipinski definition) is 3. The fraction of sp³-hybridized carbons (Fsp3) is 0.500. The molecular weight excluding hydrogens is 266 g/mol. The number of rotatable bonds is 5. The van der Waals surface area contributed by atoms with E-state index >= 15 is 0 Å². The molecule has 5 heteroatoms. The van der Waals surface area contributed by atoms with Crippen LogP contribution in [0.3, 0.4) is 0 Å². The van der Waals surface area contributed by atoms with E-state index in [1.807, 2.05) is 11.0 Å². The maximum atomic E-state index is 12.1. The van der Waals surface area contributed by atoms with E-state index in [-0.39, 0.29) is 18.4 Å². The van der Waals surface area contributed by atoms with Crippen molar-refractivity contribution in [1.82, 2.24) is 10.2 Å².